The van der Waals surface area contributed by atoms with E-state index in [0.717, 1.165) is 30.4 Å². The highest BCUT2D eigenvalue weighted by atomic mass is 32.1. The van der Waals surface area contributed by atoms with Crippen molar-refractivity contribution in [2.45, 2.75) is 20.0 Å². The number of nitrogens with zero attached hydrogens (tertiary/aromatic N) is 3. The van der Waals surface area contributed by atoms with Crippen molar-refractivity contribution in [1.29, 1.82) is 0 Å². The van der Waals surface area contributed by atoms with Gasteiger partial charge in [0.05, 0.1) is 13.7 Å². The number of nitrogens with one attached hydrogen (secondary N) is 3. The van der Waals surface area contributed by atoms with E-state index in [1.54, 1.807) is 18.4 Å². The SMILES string of the molecule is CCNC(=NCc1nc(-c2ccc(OC)cc2)n[nH]1)NCc1cccs1. The lowest BCUT2D eigenvalue weighted by molar-refractivity contribution is 0.415. The first kappa shape index (κ1) is 17.9. The number of benzene rings is 1. The number of aromatic nitrogens is 3. The van der Waals surface area contributed by atoms with Gasteiger partial charge in [0.15, 0.2) is 11.8 Å². The van der Waals surface area contributed by atoms with Crippen molar-refractivity contribution < 1.29 is 4.74 Å². The number of hydrogen-bond acceptors (Lipinski definition) is 5. The third-order valence-corrected chi connectivity index (χ3v) is 4.50. The van der Waals surface area contributed by atoms with Crippen LogP contribution in [-0.4, -0.2) is 34.8 Å². The number of methoxy groups -OCH3 is 1. The van der Waals surface area contributed by atoms with Gasteiger partial charge in [-0.25, -0.2) is 9.98 Å². The molecule has 0 bridgehead atoms. The Hall–Kier alpha value is -2.87. The molecule has 8 heteroatoms. The minimum absolute atomic E-state index is 0.420. The van der Waals surface area contributed by atoms with Gasteiger partial charge < -0.3 is 15.4 Å². The zero-order chi connectivity index (χ0) is 18.2. The molecule has 3 N–H and O–H groups in total. The molecule has 2 aromatic heterocycles. The molecular formula is C18H22N6OS. The first-order valence-corrected chi connectivity index (χ1v) is 9.26. The molecule has 0 saturated carbocycles. The lowest BCUT2D eigenvalue weighted by Gasteiger charge is -2.09. The van der Waals surface area contributed by atoms with Crippen molar-refractivity contribution in [2.24, 2.45) is 4.99 Å². The fourth-order valence-electron chi connectivity index (χ4n) is 2.31. The Morgan fingerprint density at radius 3 is 2.77 bits per heavy atom. The van der Waals surface area contributed by atoms with Crippen molar-refractivity contribution in [3.05, 3.63) is 52.5 Å². The Labute approximate surface area is 156 Å². The van der Waals surface area contributed by atoms with E-state index in [9.17, 15) is 0 Å². The maximum absolute atomic E-state index is 5.17. The molecule has 0 radical (unpaired) electrons. The molecule has 0 saturated heterocycles. The van der Waals surface area contributed by atoms with Crippen LogP contribution in [0.25, 0.3) is 11.4 Å². The summed E-state index contributed by atoms with van der Waals surface area (Å²) in [5, 5.41) is 15.8. The zero-order valence-electron chi connectivity index (χ0n) is 14.8. The topological polar surface area (TPSA) is 87.2 Å². The molecule has 136 valence electrons. The molecular weight excluding hydrogens is 348 g/mol. The summed E-state index contributed by atoms with van der Waals surface area (Å²) in [4.78, 5) is 10.3. The molecule has 3 rings (SSSR count). The van der Waals surface area contributed by atoms with Gasteiger partial charge in [-0.15, -0.1) is 11.3 Å². The fraction of sp³-hybridized carbons (Fsp3) is 0.278. The Balaban J connectivity index is 1.62. The standard InChI is InChI=1S/C18H22N6OS/c1-3-19-18(20-11-15-5-4-10-26-15)21-12-16-22-17(24-23-16)13-6-8-14(25-2)9-7-13/h4-10H,3,11-12H2,1-2H3,(H2,19,20,21)(H,22,23,24). The second-order valence-electron chi connectivity index (χ2n) is 5.46. The molecule has 0 fully saturated rings. The first-order valence-electron chi connectivity index (χ1n) is 8.38. The van der Waals surface area contributed by atoms with Crippen molar-refractivity contribution >= 4 is 17.3 Å². The molecule has 0 atom stereocenters. The molecule has 26 heavy (non-hydrogen) atoms. The van der Waals surface area contributed by atoms with Gasteiger partial charge in [-0.05, 0) is 42.6 Å². The Bertz CT molecular complexity index is 826. The van der Waals surface area contributed by atoms with E-state index >= 15 is 0 Å². The van der Waals surface area contributed by atoms with Crippen LogP contribution >= 0.6 is 11.3 Å². The van der Waals surface area contributed by atoms with Crippen LogP contribution in [0.1, 0.15) is 17.6 Å². The Morgan fingerprint density at radius 1 is 1.23 bits per heavy atom. The van der Waals surface area contributed by atoms with Crippen LogP contribution < -0.4 is 15.4 Å². The molecule has 0 aliphatic carbocycles. The van der Waals surface area contributed by atoms with Gasteiger partial charge in [-0.1, -0.05) is 6.07 Å². The number of thiophene rings is 1. The number of hydrogen-bond donors (Lipinski definition) is 3. The fourth-order valence-corrected chi connectivity index (χ4v) is 2.96. The minimum Gasteiger partial charge on any atom is -0.497 e. The molecule has 0 amide bonds. The summed E-state index contributed by atoms with van der Waals surface area (Å²) in [6.45, 7) is 4.00. The quantitative estimate of drug-likeness (QED) is 0.440. The smallest absolute Gasteiger partial charge is 0.191 e. The maximum Gasteiger partial charge on any atom is 0.191 e. The van der Waals surface area contributed by atoms with Crippen LogP contribution in [0.4, 0.5) is 0 Å². The lowest BCUT2D eigenvalue weighted by atomic mass is 10.2. The van der Waals surface area contributed by atoms with Crippen LogP contribution in [0.3, 0.4) is 0 Å². The van der Waals surface area contributed by atoms with Gasteiger partial charge in [0.2, 0.25) is 0 Å². The highest BCUT2D eigenvalue weighted by molar-refractivity contribution is 7.09. The summed E-state index contributed by atoms with van der Waals surface area (Å²) in [5.41, 5.74) is 0.931. The second-order valence-corrected chi connectivity index (χ2v) is 6.49. The van der Waals surface area contributed by atoms with Crippen LogP contribution in [0.2, 0.25) is 0 Å². The third-order valence-electron chi connectivity index (χ3n) is 3.62. The van der Waals surface area contributed by atoms with Gasteiger partial charge in [0.1, 0.15) is 18.1 Å². The molecule has 3 aromatic rings. The summed E-state index contributed by atoms with van der Waals surface area (Å²) in [6, 6.07) is 11.8. The van der Waals surface area contributed by atoms with E-state index in [2.05, 4.69) is 42.3 Å². The summed E-state index contributed by atoms with van der Waals surface area (Å²) in [6.07, 6.45) is 0. The van der Waals surface area contributed by atoms with Crippen molar-refractivity contribution in [3.8, 4) is 17.1 Å². The number of ether oxygens (including phenoxy) is 1. The van der Waals surface area contributed by atoms with Gasteiger partial charge in [-0.2, -0.15) is 5.10 Å². The third kappa shape index (κ3) is 4.82. The summed E-state index contributed by atoms with van der Waals surface area (Å²) < 4.78 is 5.17. The van der Waals surface area contributed by atoms with Crippen LogP contribution in [0, 0.1) is 0 Å². The van der Waals surface area contributed by atoms with E-state index < -0.39 is 0 Å². The number of H-pyrrole nitrogens is 1. The van der Waals surface area contributed by atoms with Crippen LogP contribution in [-0.2, 0) is 13.1 Å². The van der Waals surface area contributed by atoms with E-state index in [0.29, 0.717) is 18.2 Å². The van der Waals surface area contributed by atoms with Gasteiger partial charge >= 0.3 is 0 Å². The molecule has 0 aliphatic heterocycles. The predicted octanol–water partition coefficient (Wildman–Crippen LogP) is 2.80. The molecule has 2 heterocycles. The number of guanidine groups is 1. The van der Waals surface area contributed by atoms with Crippen LogP contribution in [0.5, 0.6) is 5.75 Å². The highest BCUT2D eigenvalue weighted by Crippen LogP contribution is 2.19. The zero-order valence-corrected chi connectivity index (χ0v) is 15.6. The van der Waals surface area contributed by atoms with Crippen LogP contribution in [0.15, 0.2) is 46.8 Å². The van der Waals surface area contributed by atoms with Crippen molar-refractivity contribution in [3.63, 3.8) is 0 Å². The molecule has 7 nitrogen and oxygen atoms in total. The Kier molecular flexibility index (Phi) is 6.21. The average Bonchev–Trinajstić information content (AvgIpc) is 3.36. The largest absolute Gasteiger partial charge is 0.497 e. The van der Waals surface area contributed by atoms with Crippen molar-refractivity contribution in [2.75, 3.05) is 13.7 Å². The highest BCUT2D eigenvalue weighted by Gasteiger charge is 2.06. The molecule has 1 aromatic carbocycles. The molecule has 0 aliphatic rings. The lowest BCUT2D eigenvalue weighted by Crippen LogP contribution is -2.36. The number of aliphatic imine (C=N–C) groups is 1. The van der Waals surface area contributed by atoms with Gasteiger partial charge in [0, 0.05) is 17.0 Å². The summed E-state index contributed by atoms with van der Waals surface area (Å²) >= 11 is 1.72. The number of rotatable bonds is 7. The summed E-state index contributed by atoms with van der Waals surface area (Å²) in [5.74, 6) is 2.92. The van der Waals surface area contributed by atoms with Gasteiger partial charge in [-0.3, -0.25) is 5.10 Å². The normalized spacial score (nSPS) is 11.4. The minimum atomic E-state index is 0.420. The molecule has 0 spiro atoms. The van der Waals surface area contributed by atoms with E-state index in [-0.39, 0.29) is 0 Å². The monoisotopic (exact) mass is 370 g/mol. The van der Waals surface area contributed by atoms with E-state index in [1.807, 2.05) is 37.3 Å². The van der Waals surface area contributed by atoms with Gasteiger partial charge in [0.25, 0.3) is 0 Å². The number of aromatic amines is 1. The van der Waals surface area contributed by atoms with E-state index in [4.69, 9.17) is 4.74 Å². The maximum atomic E-state index is 5.17. The molecule has 0 unspecified atom stereocenters. The second kappa shape index (κ2) is 9.00. The van der Waals surface area contributed by atoms with Crippen molar-refractivity contribution in [1.82, 2.24) is 25.8 Å². The summed E-state index contributed by atoms with van der Waals surface area (Å²) in [7, 11) is 1.65. The first-order chi connectivity index (χ1) is 12.8. The Morgan fingerprint density at radius 2 is 2.08 bits per heavy atom. The predicted molar refractivity (Wildman–Crippen MR) is 104 cm³/mol. The average molecular weight is 370 g/mol. The van der Waals surface area contributed by atoms with E-state index in [1.165, 1.54) is 4.88 Å².